The Labute approximate surface area is 156 Å². The quantitative estimate of drug-likeness (QED) is 0.789. The van der Waals surface area contributed by atoms with Crippen molar-refractivity contribution in [3.8, 4) is 5.75 Å². The molecular formula is C22H32N2O2. The molecule has 142 valence electrons. The van der Waals surface area contributed by atoms with Crippen LogP contribution in [0.2, 0.25) is 0 Å². The van der Waals surface area contributed by atoms with Crippen LogP contribution in [0.1, 0.15) is 64.4 Å². The molecule has 0 unspecified atom stereocenters. The standard InChI is InChI=1S/C22H32N2O2/c1-4-6-20(23)22(5-2)10-7-17(8-11-22)26-19-14-16-9-12-24-21(25)18(16)13-15(19)3/h9,12-14,17,20H,4-8,10-11,23H2,1-3H3,(H,24,25)/t17-,20-,22-/m1/s1. The van der Waals surface area contributed by atoms with Gasteiger partial charge in [0, 0.05) is 17.6 Å². The van der Waals surface area contributed by atoms with E-state index >= 15 is 0 Å². The van der Waals surface area contributed by atoms with Gasteiger partial charge in [0.2, 0.25) is 0 Å². The van der Waals surface area contributed by atoms with E-state index < -0.39 is 0 Å². The Balaban J connectivity index is 1.72. The first kappa shape index (κ1) is 19.0. The van der Waals surface area contributed by atoms with Gasteiger partial charge >= 0.3 is 0 Å². The van der Waals surface area contributed by atoms with Crippen LogP contribution in [0.15, 0.2) is 29.2 Å². The third-order valence-electron chi connectivity index (χ3n) is 6.38. The molecule has 3 rings (SSSR count). The SMILES string of the molecule is CCC[C@@H](N)[C@]1(CC)CC[C@@H](Oc2cc3cc[nH]c(=O)c3cc2C)CC1. The van der Waals surface area contributed by atoms with Crippen molar-refractivity contribution < 1.29 is 4.74 Å². The Hall–Kier alpha value is -1.81. The number of hydrogen-bond donors (Lipinski definition) is 2. The van der Waals surface area contributed by atoms with Gasteiger partial charge in [-0.15, -0.1) is 0 Å². The van der Waals surface area contributed by atoms with E-state index in [0.717, 1.165) is 67.0 Å². The highest BCUT2D eigenvalue weighted by Crippen LogP contribution is 2.43. The smallest absolute Gasteiger partial charge is 0.255 e. The number of hydrogen-bond acceptors (Lipinski definition) is 3. The zero-order valence-corrected chi connectivity index (χ0v) is 16.3. The Morgan fingerprint density at radius 2 is 2.04 bits per heavy atom. The lowest BCUT2D eigenvalue weighted by Crippen LogP contribution is -2.45. The van der Waals surface area contributed by atoms with E-state index in [2.05, 4.69) is 18.8 Å². The third-order valence-corrected chi connectivity index (χ3v) is 6.38. The maximum Gasteiger partial charge on any atom is 0.255 e. The van der Waals surface area contributed by atoms with Crippen molar-refractivity contribution in [2.45, 2.75) is 77.9 Å². The number of ether oxygens (including phenoxy) is 1. The number of benzene rings is 1. The molecule has 4 heteroatoms. The molecule has 4 nitrogen and oxygen atoms in total. The van der Waals surface area contributed by atoms with Gasteiger partial charge in [-0.2, -0.15) is 0 Å². The molecule has 0 bridgehead atoms. The Kier molecular flexibility index (Phi) is 5.71. The molecule has 0 aliphatic heterocycles. The molecule has 0 spiro atoms. The lowest BCUT2D eigenvalue weighted by atomic mass is 9.66. The van der Waals surface area contributed by atoms with E-state index in [1.807, 2.05) is 25.1 Å². The zero-order valence-electron chi connectivity index (χ0n) is 16.3. The van der Waals surface area contributed by atoms with Crippen molar-refractivity contribution in [1.82, 2.24) is 4.98 Å². The van der Waals surface area contributed by atoms with Crippen molar-refractivity contribution in [2.75, 3.05) is 0 Å². The van der Waals surface area contributed by atoms with E-state index in [4.69, 9.17) is 10.5 Å². The number of rotatable bonds is 6. The molecule has 1 aliphatic carbocycles. The van der Waals surface area contributed by atoms with Gasteiger partial charge in [0.15, 0.2) is 0 Å². The van der Waals surface area contributed by atoms with Crippen molar-refractivity contribution in [2.24, 2.45) is 11.1 Å². The van der Waals surface area contributed by atoms with E-state index in [9.17, 15) is 4.79 Å². The first-order valence-corrected chi connectivity index (χ1v) is 10.0. The second-order valence-electron chi connectivity index (χ2n) is 7.94. The highest BCUT2D eigenvalue weighted by molar-refractivity contribution is 5.83. The molecule has 1 atom stereocenters. The molecule has 26 heavy (non-hydrogen) atoms. The number of aromatic amines is 1. The predicted octanol–water partition coefficient (Wildman–Crippen LogP) is 4.68. The summed E-state index contributed by atoms with van der Waals surface area (Å²) < 4.78 is 6.36. The topological polar surface area (TPSA) is 68.1 Å². The van der Waals surface area contributed by atoms with Gasteiger partial charge < -0.3 is 15.5 Å². The summed E-state index contributed by atoms with van der Waals surface area (Å²) in [5.41, 5.74) is 7.78. The van der Waals surface area contributed by atoms with Crippen LogP contribution in [0.4, 0.5) is 0 Å². The van der Waals surface area contributed by atoms with Crippen LogP contribution >= 0.6 is 0 Å². The minimum Gasteiger partial charge on any atom is -0.490 e. The number of aromatic nitrogens is 1. The first-order chi connectivity index (χ1) is 12.5. The Morgan fingerprint density at radius 1 is 1.31 bits per heavy atom. The van der Waals surface area contributed by atoms with Crippen LogP contribution in [0.5, 0.6) is 5.75 Å². The lowest BCUT2D eigenvalue weighted by molar-refractivity contribution is 0.0552. The summed E-state index contributed by atoms with van der Waals surface area (Å²) in [4.78, 5) is 14.7. The molecule has 3 N–H and O–H groups in total. The van der Waals surface area contributed by atoms with Crippen molar-refractivity contribution in [1.29, 1.82) is 0 Å². The first-order valence-electron chi connectivity index (χ1n) is 10.0. The van der Waals surface area contributed by atoms with E-state index in [-0.39, 0.29) is 17.1 Å². The van der Waals surface area contributed by atoms with Crippen molar-refractivity contribution in [3.05, 3.63) is 40.3 Å². The van der Waals surface area contributed by atoms with Gasteiger partial charge in [0.25, 0.3) is 5.56 Å². The zero-order chi connectivity index (χ0) is 18.7. The minimum absolute atomic E-state index is 0.0487. The fraction of sp³-hybridized carbons (Fsp3) is 0.591. The maximum atomic E-state index is 11.9. The van der Waals surface area contributed by atoms with Crippen LogP contribution in [0.25, 0.3) is 10.8 Å². The number of pyridine rings is 1. The minimum atomic E-state index is -0.0487. The summed E-state index contributed by atoms with van der Waals surface area (Å²) in [5, 5.41) is 1.65. The van der Waals surface area contributed by atoms with Crippen LogP contribution < -0.4 is 16.0 Å². The highest BCUT2D eigenvalue weighted by Gasteiger charge is 2.39. The Bertz CT molecular complexity index is 803. The molecule has 1 aromatic heterocycles. The molecule has 1 fully saturated rings. The predicted molar refractivity (Wildman–Crippen MR) is 108 cm³/mol. The molecule has 1 saturated carbocycles. The lowest BCUT2D eigenvalue weighted by Gasteiger charge is -2.44. The second-order valence-corrected chi connectivity index (χ2v) is 7.94. The number of H-pyrrole nitrogens is 1. The maximum absolute atomic E-state index is 11.9. The molecular weight excluding hydrogens is 324 g/mol. The van der Waals surface area contributed by atoms with Gasteiger partial charge in [-0.1, -0.05) is 20.3 Å². The number of fused-ring (bicyclic) bond motifs is 1. The molecule has 0 radical (unpaired) electrons. The van der Waals surface area contributed by atoms with Crippen molar-refractivity contribution >= 4 is 10.8 Å². The largest absolute Gasteiger partial charge is 0.490 e. The molecule has 0 saturated heterocycles. The van der Waals surface area contributed by atoms with Gasteiger partial charge in [-0.3, -0.25) is 4.79 Å². The average molecular weight is 357 g/mol. The number of aryl methyl sites for hydroxylation is 1. The fourth-order valence-electron chi connectivity index (χ4n) is 4.52. The summed E-state index contributed by atoms with van der Waals surface area (Å²) in [5.74, 6) is 0.898. The molecule has 1 aromatic carbocycles. The van der Waals surface area contributed by atoms with Gasteiger partial charge in [0.1, 0.15) is 5.75 Å². The molecule has 2 aromatic rings. The third kappa shape index (κ3) is 3.66. The monoisotopic (exact) mass is 356 g/mol. The van der Waals surface area contributed by atoms with Crippen LogP contribution in [-0.2, 0) is 0 Å². The van der Waals surface area contributed by atoms with Gasteiger partial charge in [0.05, 0.1) is 6.10 Å². The van der Waals surface area contributed by atoms with Crippen molar-refractivity contribution in [3.63, 3.8) is 0 Å². The highest BCUT2D eigenvalue weighted by atomic mass is 16.5. The van der Waals surface area contributed by atoms with Crippen LogP contribution in [0.3, 0.4) is 0 Å². The number of nitrogens with two attached hydrogens (primary N) is 1. The molecule has 1 heterocycles. The van der Waals surface area contributed by atoms with Gasteiger partial charge in [-0.05, 0) is 80.0 Å². The fourth-order valence-corrected chi connectivity index (χ4v) is 4.52. The molecule has 1 aliphatic rings. The summed E-state index contributed by atoms with van der Waals surface area (Å²) in [6.07, 6.45) is 9.73. The normalized spacial score (nSPS) is 24.5. The summed E-state index contributed by atoms with van der Waals surface area (Å²) in [6.45, 7) is 6.50. The van der Waals surface area contributed by atoms with E-state index in [1.54, 1.807) is 6.20 Å². The average Bonchev–Trinajstić information content (AvgIpc) is 2.64. The van der Waals surface area contributed by atoms with Crippen LogP contribution in [-0.4, -0.2) is 17.1 Å². The summed E-state index contributed by atoms with van der Waals surface area (Å²) >= 11 is 0. The Morgan fingerprint density at radius 3 is 2.69 bits per heavy atom. The summed E-state index contributed by atoms with van der Waals surface area (Å²) in [6, 6.07) is 6.16. The second kappa shape index (κ2) is 7.83. The van der Waals surface area contributed by atoms with E-state index in [1.165, 1.54) is 0 Å². The number of nitrogens with one attached hydrogen (secondary N) is 1. The summed E-state index contributed by atoms with van der Waals surface area (Å²) in [7, 11) is 0. The molecule has 0 amide bonds. The van der Waals surface area contributed by atoms with Gasteiger partial charge in [-0.25, -0.2) is 0 Å². The van der Waals surface area contributed by atoms with Crippen LogP contribution in [0, 0.1) is 12.3 Å². The van der Waals surface area contributed by atoms with E-state index in [0.29, 0.717) is 6.04 Å².